The van der Waals surface area contributed by atoms with Crippen LogP contribution in [0.2, 0.25) is 0 Å². The first-order valence-electron chi connectivity index (χ1n) is 5.75. The number of hydrogen-bond acceptors (Lipinski definition) is 3. The van der Waals surface area contributed by atoms with Crippen LogP contribution in [0, 0.1) is 0 Å². The summed E-state index contributed by atoms with van der Waals surface area (Å²) in [4.78, 5) is 21.9. The number of hydrogen-bond donors (Lipinski definition) is 3. The van der Waals surface area contributed by atoms with Crippen LogP contribution in [0.25, 0.3) is 0 Å². The molecule has 1 rings (SSSR count). The zero-order chi connectivity index (χ0) is 13.1. The Kier molecular flexibility index (Phi) is 4.20. The molecule has 0 bridgehead atoms. The van der Waals surface area contributed by atoms with Crippen molar-refractivity contribution in [1.82, 2.24) is 10.6 Å². The van der Waals surface area contributed by atoms with Gasteiger partial charge in [0.1, 0.15) is 5.60 Å². The van der Waals surface area contributed by atoms with Gasteiger partial charge in [0, 0.05) is 12.1 Å². The van der Waals surface area contributed by atoms with Gasteiger partial charge in [0.15, 0.2) is 0 Å². The summed E-state index contributed by atoms with van der Waals surface area (Å²) in [5.41, 5.74) is -0.512. The summed E-state index contributed by atoms with van der Waals surface area (Å²) in [6.07, 6.45) is 0.661. The third-order valence-electron chi connectivity index (χ3n) is 2.48. The van der Waals surface area contributed by atoms with Gasteiger partial charge in [-0.25, -0.2) is 9.59 Å². The summed E-state index contributed by atoms with van der Waals surface area (Å²) in [5.74, 6) is 0. The molecule has 6 heteroatoms. The summed E-state index contributed by atoms with van der Waals surface area (Å²) in [6.45, 7) is 5.40. The van der Waals surface area contributed by atoms with Crippen LogP contribution in [0.5, 0.6) is 0 Å². The highest BCUT2D eigenvalue weighted by atomic mass is 16.6. The first kappa shape index (κ1) is 13.6. The molecule has 17 heavy (non-hydrogen) atoms. The van der Waals surface area contributed by atoms with Crippen LogP contribution >= 0.6 is 0 Å². The van der Waals surface area contributed by atoms with E-state index < -0.39 is 17.8 Å². The summed E-state index contributed by atoms with van der Waals surface area (Å²) < 4.78 is 5.13. The van der Waals surface area contributed by atoms with Crippen molar-refractivity contribution in [1.29, 1.82) is 0 Å². The molecule has 0 aromatic rings. The Morgan fingerprint density at radius 2 is 1.71 bits per heavy atom. The van der Waals surface area contributed by atoms with E-state index in [4.69, 9.17) is 9.84 Å². The Hall–Kier alpha value is -1.46. The molecule has 1 saturated carbocycles. The molecule has 2 atom stereocenters. The maximum absolute atomic E-state index is 11.5. The minimum atomic E-state index is -1.02. The fourth-order valence-electron chi connectivity index (χ4n) is 1.89. The quantitative estimate of drug-likeness (QED) is 0.690. The van der Waals surface area contributed by atoms with Crippen LogP contribution in [-0.4, -0.2) is 35.0 Å². The van der Waals surface area contributed by atoms with Crippen molar-refractivity contribution in [2.45, 2.75) is 57.7 Å². The lowest BCUT2D eigenvalue weighted by atomic mass is 10.2. The Morgan fingerprint density at radius 1 is 1.18 bits per heavy atom. The van der Waals surface area contributed by atoms with Crippen molar-refractivity contribution < 1.29 is 19.4 Å². The van der Waals surface area contributed by atoms with Crippen molar-refractivity contribution >= 4 is 12.2 Å². The zero-order valence-electron chi connectivity index (χ0n) is 10.4. The Balaban J connectivity index is 2.30. The monoisotopic (exact) mass is 244 g/mol. The van der Waals surface area contributed by atoms with E-state index in [-0.39, 0.29) is 12.1 Å². The zero-order valence-corrected chi connectivity index (χ0v) is 10.4. The predicted molar refractivity (Wildman–Crippen MR) is 62.0 cm³/mol. The highest BCUT2D eigenvalue weighted by Gasteiger charge is 2.28. The Bertz CT molecular complexity index is 298. The van der Waals surface area contributed by atoms with Gasteiger partial charge < -0.3 is 20.5 Å². The van der Waals surface area contributed by atoms with E-state index in [0.29, 0.717) is 6.42 Å². The Morgan fingerprint density at radius 3 is 2.18 bits per heavy atom. The number of alkyl carbamates (subject to hydrolysis) is 1. The van der Waals surface area contributed by atoms with Crippen molar-refractivity contribution in [2.75, 3.05) is 0 Å². The SMILES string of the molecule is CC(C)(C)OC(=O)N[C@@H]1CC[C@H](NC(=O)O)C1. The molecule has 2 amide bonds. The molecule has 3 N–H and O–H groups in total. The summed E-state index contributed by atoms with van der Waals surface area (Å²) >= 11 is 0. The van der Waals surface area contributed by atoms with Crippen molar-refractivity contribution in [3.05, 3.63) is 0 Å². The third kappa shape index (κ3) is 5.42. The van der Waals surface area contributed by atoms with Gasteiger partial charge in [-0.05, 0) is 40.0 Å². The average Bonchev–Trinajstić information content (AvgIpc) is 2.46. The topological polar surface area (TPSA) is 87.7 Å². The number of carbonyl (C=O) groups is 2. The summed E-state index contributed by atoms with van der Waals surface area (Å²) in [7, 11) is 0. The van der Waals surface area contributed by atoms with Gasteiger partial charge in [0.2, 0.25) is 0 Å². The second kappa shape index (κ2) is 5.25. The van der Waals surface area contributed by atoms with E-state index in [0.717, 1.165) is 12.8 Å². The first-order valence-corrected chi connectivity index (χ1v) is 5.75. The van der Waals surface area contributed by atoms with Crippen molar-refractivity contribution in [2.24, 2.45) is 0 Å². The number of carboxylic acid groups (broad SMARTS) is 1. The van der Waals surface area contributed by atoms with Gasteiger partial charge in [0.25, 0.3) is 0 Å². The van der Waals surface area contributed by atoms with E-state index in [2.05, 4.69) is 10.6 Å². The normalized spacial score (nSPS) is 24.2. The number of nitrogens with one attached hydrogen (secondary N) is 2. The van der Waals surface area contributed by atoms with Crippen LogP contribution in [0.15, 0.2) is 0 Å². The van der Waals surface area contributed by atoms with Crippen LogP contribution in [-0.2, 0) is 4.74 Å². The highest BCUT2D eigenvalue weighted by molar-refractivity contribution is 5.68. The van der Waals surface area contributed by atoms with E-state index >= 15 is 0 Å². The minimum Gasteiger partial charge on any atom is -0.465 e. The van der Waals surface area contributed by atoms with Crippen molar-refractivity contribution in [3.8, 4) is 0 Å². The lowest BCUT2D eigenvalue weighted by Crippen LogP contribution is -2.39. The van der Waals surface area contributed by atoms with Gasteiger partial charge in [-0.15, -0.1) is 0 Å². The lowest BCUT2D eigenvalue weighted by molar-refractivity contribution is 0.0505. The van der Waals surface area contributed by atoms with Gasteiger partial charge in [-0.2, -0.15) is 0 Å². The molecule has 0 radical (unpaired) electrons. The molecular formula is C11H20N2O4. The number of rotatable bonds is 2. The van der Waals surface area contributed by atoms with Crippen LogP contribution in [0.1, 0.15) is 40.0 Å². The second-order valence-electron chi connectivity index (χ2n) is 5.30. The number of amides is 2. The fourth-order valence-corrected chi connectivity index (χ4v) is 1.89. The molecule has 0 heterocycles. The fraction of sp³-hybridized carbons (Fsp3) is 0.818. The molecular weight excluding hydrogens is 224 g/mol. The van der Waals surface area contributed by atoms with E-state index in [1.54, 1.807) is 20.8 Å². The number of ether oxygens (including phenoxy) is 1. The highest BCUT2D eigenvalue weighted by Crippen LogP contribution is 2.19. The predicted octanol–water partition coefficient (Wildman–Crippen LogP) is 1.70. The van der Waals surface area contributed by atoms with E-state index in [1.165, 1.54) is 0 Å². The molecule has 0 saturated heterocycles. The summed E-state index contributed by atoms with van der Waals surface area (Å²) in [6, 6.07) is -0.0888. The molecule has 98 valence electrons. The van der Waals surface area contributed by atoms with Gasteiger partial charge in [0.05, 0.1) is 0 Å². The van der Waals surface area contributed by atoms with Gasteiger partial charge in [-0.3, -0.25) is 0 Å². The largest absolute Gasteiger partial charge is 0.465 e. The molecule has 0 aromatic heterocycles. The molecule has 1 aliphatic rings. The molecule has 0 aromatic carbocycles. The standard InChI is InChI=1S/C11H20N2O4/c1-11(2,3)17-10(16)13-8-5-4-7(6-8)12-9(14)15/h7-8,12H,4-6H2,1-3H3,(H,13,16)(H,14,15)/t7-,8+/m0/s1. The van der Waals surface area contributed by atoms with Crippen LogP contribution < -0.4 is 10.6 Å². The Labute approximate surface area is 101 Å². The second-order valence-corrected chi connectivity index (χ2v) is 5.30. The molecule has 0 unspecified atom stereocenters. The van der Waals surface area contributed by atoms with E-state index in [9.17, 15) is 9.59 Å². The minimum absolute atomic E-state index is 0.0123. The van der Waals surface area contributed by atoms with E-state index in [1.807, 2.05) is 0 Å². The van der Waals surface area contributed by atoms with Gasteiger partial charge >= 0.3 is 12.2 Å². The van der Waals surface area contributed by atoms with Crippen molar-refractivity contribution in [3.63, 3.8) is 0 Å². The maximum atomic E-state index is 11.5. The molecule has 6 nitrogen and oxygen atoms in total. The third-order valence-corrected chi connectivity index (χ3v) is 2.48. The molecule has 1 aliphatic carbocycles. The van der Waals surface area contributed by atoms with Gasteiger partial charge in [-0.1, -0.05) is 0 Å². The first-order chi connectivity index (χ1) is 7.76. The molecule has 0 aliphatic heterocycles. The molecule has 0 spiro atoms. The van der Waals surface area contributed by atoms with Crippen LogP contribution in [0.4, 0.5) is 9.59 Å². The lowest BCUT2D eigenvalue weighted by Gasteiger charge is -2.21. The smallest absolute Gasteiger partial charge is 0.407 e. The summed E-state index contributed by atoms with van der Waals surface area (Å²) in [5, 5.41) is 13.7. The maximum Gasteiger partial charge on any atom is 0.407 e. The molecule has 1 fully saturated rings. The van der Waals surface area contributed by atoms with Crippen LogP contribution in [0.3, 0.4) is 0 Å². The number of carbonyl (C=O) groups excluding carboxylic acids is 1. The average molecular weight is 244 g/mol.